The molecule has 2 aliphatic rings. The van der Waals surface area contributed by atoms with Crippen molar-refractivity contribution in [3.05, 3.63) is 253 Å². The molecule has 0 aliphatic heterocycles. The van der Waals surface area contributed by atoms with Gasteiger partial charge in [-0.1, -0.05) is 182 Å². The van der Waals surface area contributed by atoms with Gasteiger partial charge in [-0.05, 0) is 120 Å². The number of benzene rings is 11. The summed E-state index contributed by atoms with van der Waals surface area (Å²) in [6.07, 6.45) is 0. The van der Waals surface area contributed by atoms with Gasteiger partial charge in [0.05, 0.1) is 27.8 Å². The Hall–Kier alpha value is -8.20. The second-order valence-corrected chi connectivity index (χ2v) is 17.1. The molecular formula is C61H38N2. The molecule has 0 amide bonds. The van der Waals surface area contributed by atoms with Crippen LogP contribution in [-0.2, 0) is 5.41 Å². The van der Waals surface area contributed by atoms with Crippen LogP contribution in [0.5, 0.6) is 0 Å². The molecule has 0 bridgehead atoms. The molecule has 0 fully saturated rings. The van der Waals surface area contributed by atoms with E-state index in [4.69, 9.17) is 0 Å². The van der Waals surface area contributed by atoms with E-state index < -0.39 is 5.41 Å². The summed E-state index contributed by atoms with van der Waals surface area (Å²) in [4.78, 5) is 2.58. The van der Waals surface area contributed by atoms with E-state index in [-0.39, 0.29) is 0 Å². The number of nitrogens with zero attached hydrogens (tertiary/aromatic N) is 2. The zero-order valence-corrected chi connectivity index (χ0v) is 34.3. The average molecular weight is 799 g/mol. The molecule has 0 unspecified atom stereocenters. The molecule has 11 aromatic carbocycles. The van der Waals surface area contributed by atoms with Crippen LogP contribution < -0.4 is 4.90 Å². The van der Waals surface area contributed by atoms with Crippen molar-refractivity contribution in [2.45, 2.75) is 5.41 Å². The Morgan fingerprint density at radius 1 is 0.302 bits per heavy atom. The summed E-state index contributed by atoms with van der Waals surface area (Å²) >= 11 is 0. The number of fused-ring (bicyclic) bond motifs is 19. The molecule has 0 saturated heterocycles. The molecular weight excluding hydrogens is 761 g/mol. The highest BCUT2D eigenvalue weighted by Crippen LogP contribution is 2.63. The van der Waals surface area contributed by atoms with Gasteiger partial charge >= 0.3 is 0 Å². The van der Waals surface area contributed by atoms with Crippen molar-refractivity contribution in [3.8, 4) is 27.9 Å². The molecule has 14 rings (SSSR count). The van der Waals surface area contributed by atoms with Crippen molar-refractivity contribution in [1.29, 1.82) is 0 Å². The minimum absolute atomic E-state index is 0.474. The fraction of sp³-hybridized carbons (Fsp3) is 0.0164. The first-order valence-electron chi connectivity index (χ1n) is 21.9. The van der Waals surface area contributed by atoms with Crippen molar-refractivity contribution < 1.29 is 0 Å². The maximum Gasteiger partial charge on any atom is 0.0726 e. The van der Waals surface area contributed by atoms with Gasteiger partial charge in [-0.15, -0.1) is 0 Å². The second kappa shape index (κ2) is 12.9. The lowest BCUT2D eigenvalue weighted by molar-refractivity contribution is 0.793. The van der Waals surface area contributed by atoms with Gasteiger partial charge in [-0.25, -0.2) is 0 Å². The SMILES string of the molecule is c1ccc(-n2c3ccccc3c3c(N(c4ccc5c(c4)C4(c6ccccc6-c6ccccc64)c4ccccc4-5)c4cccc5c6ccccc6c6ccccc6c45)cccc32)cc1. The third-order valence-corrected chi connectivity index (χ3v) is 14.2. The Labute approximate surface area is 365 Å². The van der Waals surface area contributed by atoms with Crippen molar-refractivity contribution in [3.63, 3.8) is 0 Å². The van der Waals surface area contributed by atoms with E-state index >= 15 is 0 Å². The molecule has 0 atom stereocenters. The minimum atomic E-state index is -0.474. The third-order valence-electron chi connectivity index (χ3n) is 14.2. The van der Waals surface area contributed by atoms with Crippen molar-refractivity contribution in [2.24, 2.45) is 0 Å². The molecule has 292 valence electrons. The first-order chi connectivity index (χ1) is 31.3. The molecule has 2 nitrogen and oxygen atoms in total. The number of aromatic nitrogens is 1. The summed E-state index contributed by atoms with van der Waals surface area (Å²) in [6, 6.07) is 86.0. The topological polar surface area (TPSA) is 8.17 Å². The first kappa shape index (κ1) is 34.5. The monoisotopic (exact) mass is 798 g/mol. The highest BCUT2D eigenvalue weighted by Gasteiger charge is 2.51. The summed E-state index contributed by atoms with van der Waals surface area (Å²) < 4.78 is 2.43. The molecule has 1 aromatic heterocycles. The van der Waals surface area contributed by atoms with Gasteiger partial charge in [0.2, 0.25) is 0 Å². The average Bonchev–Trinajstić information content (AvgIpc) is 3.97. The van der Waals surface area contributed by atoms with Crippen molar-refractivity contribution >= 4 is 71.2 Å². The van der Waals surface area contributed by atoms with Gasteiger partial charge < -0.3 is 9.47 Å². The number of para-hydroxylation sites is 2. The van der Waals surface area contributed by atoms with Gasteiger partial charge in [0.25, 0.3) is 0 Å². The van der Waals surface area contributed by atoms with Crippen LogP contribution in [0.1, 0.15) is 22.3 Å². The Morgan fingerprint density at radius 2 is 0.746 bits per heavy atom. The Morgan fingerprint density at radius 3 is 1.38 bits per heavy atom. The summed E-state index contributed by atoms with van der Waals surface area (Å²) in [7, 11) is 0. The molecule has 63 heavy (non-hydrogen) atoms. The lowest BCUT2D eigenvalue weighted by Gasteiger charge is -2.33. The molecule has 2 aliphatic carbocycles. The fourth-order valence-corrected chi connectivity index (χ4v) is 11.8. The number of hydrogen-bond donors (Lipinski definition) is 0. The van der Waals surface area contributed by atoms with Gasteiger partial charge in [-0.3, -0.25) is 0 Å². The first-order valence-corrected chi connectivity index (χ1v) is 21.9. The predicted molar refractivity (Wildman–Crippen MR) is 264 cm³/mol. The predicted octanol–water partition coefficient (Wildman–Crippen LogP) is 16.1. The summed E-state index contributed by atoms with van der Waals surface area (Å²) in [6.45, 7) is 0. The fourth-order valence-electron chi connectivity index (χ4n) is 11.8. The second-order valence-electron chi connectivity index (χ2n) is 17.1. The van der Waals surface area contributed by atoms with Crippen LogP contribution in [0, 0.1) is 0 Å². The van der Waals surface area contributed by atoms with Crippen LogP contribution >= 0.6 is 0 Å². The number of hydrogen-bond acceptors (Lipinski definition) is 1. The van der Waals surface area contributed by atoms with Crippen LogP contribution in [-0.4, -0.2) is 4.57 Å². The quantitative estimate of drug-likeness (QED) is 0.161. The van der Waals surface area contributed by atoms with Gasteiger partial charge in [0.15, 0.2) is 0 Å². The van der Waals surface area contributed by atoms with E-state index in [9.17, 15) is 0 Å². The van der Waals surface area contributed by atoms with E-state index in [1.54, 1.807) is 0 Å². The zero-order chi connectivity index (χ0) is 41.2. The van der Waals surface area contributed by atoms with Crippen molar-refractivity contribution in [1.82, 2.24) is 4.57 Å². The largest absolute Gasteiger partial charge is 0.309 e. The van der Waals surface area contributed by atoms with E-state index in [1.807, 2.05) is 0 Å². The molecule has 1 heterocycles. The standard InChI is InChI=1S/C61H38N2/c1-2-18-39(19-3-1)62-55-32-15-11-27-50(55)60-57(62)34-17-35-58(60)63(56-33-16-28-49-43-21-5-4-20-41(43)42-22-6-7-26-48(42)59(49)56)40-36-37-47-46-25-10-14-31-53(46)61(54(47)38-40)51-29-12-8-23-44(51)45-24-9-13-30-52(45)61/h1-38H. The van der Waals surface area contributed by atoms with E-state index in [1.165, 1.54) is 98.6 Å². The summed E-state index contributed by atoms with van der Waals surface area (Å²) in [5.74, 6) is 0. The lowest BCUT2D eigenvalue weighted by atomic mass is 9.70. The number of rotatable bonds is 4. The van der Waals surface area contributed by atoms with Crippen LogP contribution in [0.2, 0.25) is 0 Å². The van der Waals surface area contributed by atoms with Crippen LogP contribution in [0.4, 0.5) is 17.1 Å². The normalized spacial score (nSPS) is 13.2. The lowest BCUT2D eigenvalue weighted by Crippen LogP contribution is -2.26. The Kier molecular flexibility index (Phi) is 7.07. The highest BCUT2D eigenvalue weighted by atomic mass is 15.2. The van der Waals surface area contributed by atoms with Crippen LogP contribution in [0.15, 0.2) is 231 Å². The number of anilines is 3. The van der Waals surface area contributed by atoms with Crippen molar-refractivity contribution in [2.75, 3.05) is 4.90 Å². The zero-order valence-electron chi connectivity index (χ0n) is 34.3. The Bertz CT molecular complexity index is 3760. The highest BCUT2D eigenvalue weighted by molar-refractivity contribution is 6.29. The van der Waals surface area contributed by atoms with Crippen LogP contribution in [0.25, 0.3) is 82.1 Å². The van der Waals surface area contributed by atoms with Gasteiger partial charge in [0.1, 0.15) is 0 Å². The van der Waals surface area contributed by atoms with E-state index in [0.717, 1.165) is 22.7 Å². The molecule has 1 spiro atoms. The molecule has 12 aromatic rings. The molecule has 0 N–H and O–H groups in total. The minimum Gasteiger partial charge on any atom is -0.309 e. The summed E-state index contributed by atoms with van der Waals surface area (Å²) in [5, 5.41) is 9.96. The van der Waals surface area contributed by atoms with E-state index in [0.29, 0.717) is 0 Å². The third kappa shape index (κ3) is 4.52. The maximum atomic E-state index is 2.58. The van der Waals surface area contributed by atoms with E-state index in [2.05, 4.69) is 240 Å². The smallest absolute Gasteiger partial charge is 0.0726 e. The van der Waals surface area contributed by atoms with Gasteiger partial charge in [-0.2, -0.15) is 0 Å². The maximum absolute atomic E-state index is 2.58. The Balaban J connectivity index is 1.14. The molecule has 0 saturated carbocycles. The summed E-state index contributed by atoms with van der Waals surface area (Å²) in [5.41, 5.74) is 17.0. The van der Waals surface area contributed by atoms with Gasteiger partial charge in [0, 0.05) is 27.5 Å². The molecule has 2 heteroatoms. The molecule has 0 radical (unpaired) electrons. The van der Waals surface area contributed by atoms with Crippen LogP contribution in [0.3, 0.4) is 0 Å².